The third-order valence-corrected chi connectivity index (χ3v) is 1.46. The molecule has 54 valence electrons. The van der Waals surface area contributed by atoms with Crippen LogP contribution in [-0.2, 0) is 0 Å². The van der Waals surface area contributed by atoms with Crippen LogP contribution in [0.15, 0.2) is 18.2 Å². The van der Waals surface area contributed by atoms with E-state index in [1.165, 1.54) is 12.1 Å². The number of rotatable bonds is 1. The summed E-state index contributed by atoms with van der Waals surface area (Å²) in [6, 6.07) is 6.47. The summed E-state index contributed by atoms with van der Waals surface area (Å²) >= 11 is 5.59. The van der Waals surface area contributed by atoms with E-state index in [0.29, 0.717) is 16.3 Å². The van der Waals surface area contributed by atoms with E-state index in [0.717, 1.165) is 0 Å². The first-order chi connectivity index (χ1) is 5.27. The minimum atomic E-state index is 0.319. The lowest BCUT2D eigenvalue weighted by molar-refractivity contribution is -0.380. The molecule has 0 aliphatic carbocycles. The molecule has 1 aromatic rings. The molecule has 0 amide bonds. The fraction of sp³-hybridized carbons (Fsp3) is 0. The molecule has 0 saturated carbocycles. The predicted octanol–water partition coefficient (Wildman–Crippen LogP) is 0.945. The zero-order valence-corrected chi connectivity index (χ0v) is 6.26. The monoisotopic (exact) mass is 165 g/mol. The Morgan fingerprint density at radius 1 is 1.55 bits per heavy atom. The minimum absolute atomic E-state index is 0.319. The SMILES string of the molecule is N#Cc1cc(Cl)ccc1[NH+]=[N-]. The molecule has 4 heteroatoms. The van der Waals surface area contributed by atoms with Crippen molar-refractivity contribution in [1.82, 2.24) is 0 Å². The number of hydrogen-bond acceptors (Lipinski definition) is 1. The second kappa shape index (κ2) is 3.13. The van der Waals surface area contributed by atoms with Gasteiger partial charge in [-0.15, -0.1) is 0 Å². The Labute approximate surface area is 68.7 Å². The Kier molecular flexibility index (Phi) is 2.19. The number of nitrogens with zero attached hydrogens (tertiary/aromatic N) is 2. The Bertz CT molecular complexity index is 327. The van der Waals surface area contributed by atoms with Gasteiger partial charge in [0.1, 0.15) is 11.6 Å². The molecule has 11 heavy (non-hydrogen) atoms. The molecule has 1 aromatic carbocycles. The standard InChI is InChI=1S/C7H4ClN3/c8-6-1-2-7(11-10)5(3-6)4-9/h1-3,11H. The van der Waals surface area contributed by atoms with Crippen molar-refractivity contribution in [3.05, 3.63) is 34.3 Å². The van der Waals surface area contributed by atoms with Crippen molar-refractivity contribution in [2.45, 2.75) is 0 Å². The van der Waals surface area contributed by atoms with Gasteiger partial charge < -0.3 is 5.53 Å². The summed E-state index contributed by atoms with van der Waals surface area (Å²) in [5.74, 6) is 0. The van der Waals surface area contributed by atoms with Crippen LogP contribution in [0.3, 0.4) is 0 Å². The van der Waals surface area contributed by atoms with Crippen molar-refractivity contribution in [2.24, 2.45) is 0 Å². The molecule has 1 rings (SSSR count). The molecule has 0 radical (unpaired) electrons. The quantitative estimate of drug-likeness (QED) is 0.619. The van der Waals surface area contributed by atoms with Gasteiger partial charge in [-0.3, -0.25) is 5.11 Å². The highest BCUT2D eigenvalue weighted by Gasteiger charge is 2.02. The minimum Gasteiger partial charge on any atom is -0.502 e. The predicted molar refractivity (Wildman–Crippen MR) is 40.1 cm³/mol. The molecule has 0 unspecified atom stereocenters. The summed E-state index contributed by atoms with van der Waals surface area (Å²) in [5, 5.41) is 10.9. The van der Waals surface area contributed by atoms with Crippen molar-refractivity contribution in [3.63, 3.8) is 0 Å². The lowest BCUT2D eigenvalue weighted by atomic mass is 10.2. The van der Waals surface area contributed by atoms with E-state index in [9.17, 15) is 0 Å². The second-order valence-corrected chi connectivity index (χ2v) is 2.35. The topological polar surface area (TPSA) is 60.1 Å². The van der Waals surface area contributed by atoms with Crippen LogP contribution in [0.2, 0.25) is 5.02 Å². The number of benzene rings is 1. The number of halogens is 1. The zero-order valence-electron chi connectivity index (χ0n) is 5.50. The summed E-state index contributed by atoms with van der Waals surface area (Å²) < 4.78 is 0. The molecule has 0 atom stereocenters. The van der Waals surface area contributed by atoms with E-state index < -0.39 is 0 Å². The highest BCUT2D eigenvalue weighted by atomic mass is 35.5. The van der Waals surface area contributed by atoms with Crippen LogP contribution in [0, 0.1) is 11.3 Å². The Hall–Kier alpha value is -1.40. The van der Waals surface area contributed by atoms with Crippen LogP contribution < -0.4 is 5.11 Å². The third kappa shape index (κ3) is 1.54. The fourth-order valence-corrected chi connectivity index (χ4v) is 0.879. The molecular weight excluding hydrogens is 162 g/mol. The zero-order chi connectivity index (χ0) is 8.27. The summed E-state index contributed by atoms with van der Waals surface area (Å²) in [6.45, 7) is 0. The van der Waals surface area contributed by atoms with E-state index in [-0.39, 0.29) is 0 Å². The molecule has 3 nitrogen and oxygen atoms in total. The van der Waals surface area contributed by atoms with Crippen LogP contribution in [0.1, 0.15) is 5.56 Å². The van der Waals surface area contributed by atoms with Gasteiger partial charge in [-0.25, -0.2) is 0 Å². The lowest BCUT2D eigenvalue weighted by Crippen LogP contribution is -2.54. The Morgan fingerprint density at radius 3 is 2.82 bits per heavy atom. The van der Waals surface area contributed by atoms with Crippen LogP contribution in [-0.4, -0.2) is 0 Å². The van der Waals surface area contributed by atoms with Crippen molar-refractivity contribution in [1.29, 1.82) is 5.26 Å². The van der Waals surface area contributed by atoms with Crippen LogP contribution >= 0.6 is 11.6 Å². The van der Waals surface area contributed by atoms with Crippen LogP contribution in [0.25, 0.3) is 5.53 Å². The van der Waals surface area contributed by atoms with E-state index in [4.69, 9.17) is 22.4 Å². The van der Waals surface area contributed by atoms with E-state index in [1.54, 1.807) is 6.07 Å². The van der Waals surface area contributed by atoms with Gasteiger partial charge in [-0.1, -0.05) is 11.6 Å². The lowest BCUT2D eigenvalue weighted by Gasteiger charge is -1.92. The smallest absolute Gasteiger partial charge is 0.210 e. The maximum atomic E-state index is 8.51. The number of hydrogen-bond donors (Lipinski definition) is 1. The van der Waals surface area contributed by atoms with Gasteiger partial charge in [0.15, 0.2) is 0 Å². The van der Waals surface area contributed by atoms with Gasteiger partial charge in [-0.2, -0.15) is 5.26 Å². The largest absolute Gasteiger partial charge is 0.502 e. The molecule has 0 aromatic heterocycles. The average molecular weight is 166 g/mol. The molecule has 0 fully saturated rings. The molecule has 1 N–H and O–H groups in total. The highest BCUT2D eigenvalue weighted by Crippen LogP contribution is 2.15. The third-order valence-electron chi connectivity index (χ3n) is 1.22. The van der Waals surface area contributed by atoms with Gasteiger partial charge >= 0.3 is 0 Å². The summed E-state index contributed by atoms with van der Waals surface area (Å²) in [5.41, 5.74) is 9.17. The highest BCUT2D eigenvalue weighted by molar-refractivity contribution is 6.30. The normalized spacial score (nSPS) is 8.73. The molecule has 0 heterocycles. The van der Waals surface area contributed by atoms with Crippen molar-refractivity contribution in [2.75, 3.05) is 0 Å². The van der Waals surface area contributed by atoms with Crippen LogP contribution in [0.5, 0.6) is 0 Å². The van der Waals surface area contributed by atoms with E-state index in [1.807, 2.05) is 11.2 Å². The first-order valence-corrected chi connectivity index (χ1v) is 3.25. The van der Waals surface area contributed by atoms with Gasteiger partial charge in [0.25, 0.3) is 0 Å². The van der Waals surface area contributed by atoms with Crippen LogP contribution in [0.4, 0.5) is 5.69 Å². The number of nitriles is 1. The second-order valence-electron chi connectivity index (χ2n) is 1.91. The van der Waals surface area contributed by atoms with Crippen molar-refractivity contribution >= 4 is 17.3 Å². The van der Waals surface area contributed by atoms with Crippen molar-refractivity contribution in [3.8, 4) is 6.07 Å². The van der Waals surface area contributed by atoms with Gasteiger partial charge in [0.2, 0.25) is 5.69 Å². The van der Waals surface area contributed by atoms with Crippen molar-refractivity contribution < 1.29 is 5.11 Å². The maximum Gasteiger partial charge on any atom is 0.210 e. The molecule has 0 aliphatic heterocycles. The maximum absolute atomic E-state index is 8.51. The van der Waals surface area contributed by atoms with Gasteiger partial charge in [0.05, 0.1) is 0 Å². The summed E-state index contributed by atoms with van der Waals surface area (Å²) in [7, 11) is 0. The Balaban J connectivity index is 3.30. The first-order valence-electron chi connectivity index (χ1n) is 2.87. The first kappa shape index (κ1) is 7.70. The molecule has 0 saturated heterocycles. The van der Waals surface area contributed by atoms with E-state index >= 15 is 0 Å². The molecule has 0 spiro atoms. The van der Waals surface area contributed by atoms with Gasteiger partial charge in [-0.05, 0) is 12.1 Å². The number of nitrogens with one attached hydrogen (secondary N) is 1. The van der Waals surface area contributed by atoms with Gasteiger partial charge in [0, 0.05) is 11.1 Å². The average Bonchev–Trinajstić information content (AvgIpc) is 2.04. The Morgan fingerprint density at radius 2 is 2.27 bits per heavy atom. The molecule has 0 bridgehead atoms. The fourth-order valence-electron chi connectivity index (χ4n) is 0.706. The summed E-state index contributed by atoms with van der Waals surface area (Å²) in [4.78, 5) is 0. The molecule has 0 aliphatic rings. The molecular formula is C7H4ClN3. The van der Waals surface area contributed by atoms with E-state index in [2.05, 4.69) is 0 Å². The summed E-state index contributed by atoms with van der Waals surface area (Å²) in [6.07, 6.45) is 0.